The maximum absolute atomic E-state index is 13.3. The first-order valence-electron chi connectivity index (χ1n) is 9.41. The summed E-state index contributed by atoms with van der Waals surface area (Å²) in [5.41, 5.74) is 1.18. The number of halogens is 4. The summed E-state index contributed by atoms with van der Waals surface area (Å²) in [6, 6.07) is 18.0. The van der Waals surface area contributed by atoms with Gasteiger partial charge >= 0.3 is 0 Å². The van der Waals surface area contributed by atoms with Gasteiger partial charge in [-0.05, 0) is 48.4 Å². The summed E-state index contributed by atoms with van der Waals surface area (Å²) in [5, 5.41) is 3.64. The first-order valence-corrected chi connectivity index (χ1v) is 12.4. The molecule has 5 nitrogen and oxygen atoms in total. The molecular weight excluding hydrogens is 514 g/mol. The third-order valence-electron chi connectivity index (χ3n) is 4.55. The highest BCUT2D eigenvalue weighted by Crippen LogP contribution is 2.32. The molecule has 0 aromatic heterocycles. The van der Waals surface area contributed by atoms with Crippen LogP contribution in [0.4, 0.5) is 5.69 Å². The van der Waals surface area contributed by atoms with E-state index in [0.717, 1.165) is 9.87 Å². The Morgan fingerprint density at radius 3 is 2.12 bits per heavy atom. The van der Waals surface area contributed by atoms with Crippen LogP contribution in [-0.4, -0.2) is 31.7 Å². The molecule has 0 heterocycles. The van der Waals surface area contributed by atoms with Crippen molar-refractivity contribution in [1.82, 2.24) is 4.31 Å². The molecule has 168 valence electrons. The molecule has 0 aliphatic carbocycles. The molecule has 0 aliphatic heterocycles. The van der Waals surface area contributed by atoms with Gasteiger partial charge in [-0.1, -0.05) is 76.7 Å². The SMILES string of the molecule is O=C(CN(CCc1ccccc1)S(=O)(=O)c1ccc(Cl)cc1)Nc1cc(Cl)c(Cl)cc1Cl. The Bertz CT molecular complexity index is 1200. The largest absolute Gasteiger partial charge is 0.324 e. The Kier molecular flexibility index (Phi) is 8.44. The molecule has 0 saturated carbocycles. The van der Waals surface area contributed by atoms with E-state index in [-0.39, 0.29) is 32.2 Å². The molecule has 0 fully saturated rings. The normalized spacial score (nSPS) is 11.5. The first-order chi connectivity index (χ1) is 15.2. The second-order valence-corrected chi connectivity index (χ2v) is 10.4. The highest BCUT2D eigenvalue weighted by Gasteiger charge is 2.27. The van der Waals surface area contributed by atoms with E-state index in [4.69, 9.17) is 46.4 Å². The standard InChI is InChI=1S/C22H18Cl4N2O3S/c23-16-6-8-17(9-7-16)32(30,31)28(11-10-15-4-2-1-3-5-15)14-22(29)27-21-13-19(25)18(24)12-20(21)26/h1-9,12-13H,10-11,14H2,(H,27,29). The number of rotatable bonds is 8. The lowest BCUT2D eigenvalue weighted by atomic mass is 10.1. The topological polar surface area (TPSA) is 66.5 Å². The Labute approximate surface area is 206 Å². The number of nitrogens with zero attached hydrogens (tertiary/aromatic N) is 1. The summed E-state index contributed by atoms with van der Waals surface area (Å²) in [6.45, 7) is -0.328. The van der Waals surface area contributed by atoms with Gasteiger partial charge in [-0.2, -0.15) is 4.31 Å². The molecule has 3 rings (SSSR count). The van der Waals surface area contributed by atoms with Crippen LogP contribution < -0.4 is 5.32 Å². The minimum atomic E-state index is -3.97. The van der Waals surface area contributed by atoms with Gasteiger partial charge < -0.3 is 5.32 Å². The van der Waals surface area contributed by atoms with E-state index in [1.165, 1.54) is 36.4 Å². The lowest BCUT2D eigenvalue weighted by molar-refractivity contribution is -0.116. The lowest BCUT2D eigenvalue weighted by Gasteiger charge is -2.22. The third-order valence-corrected chi connectivity index (χ3v) is 7.69. The number of nitrogens with one attached hydrogen (secondary N) is 1. The van der Waals surface area contributed by atoms with Crippen molar-refractivity contribution in [3.05, 3.63) is 92.4 Å². The van der Waals surface area contributed by atoms with E-state index in [1.807, 2.05) is 30.3 Å². The van der Waals surface area contributed by atoms with Crippen LogP contribution in [0, 0.1) is 0 Å². The molecule has 0 radical (unpaired) electrons. The van der Waals surface area contributed by atoms with E-state index in [9.17, 15) is 13.2 Å². The molecule has 1 N–H and O–H groups in total. The van der Waals surface area contributed by atoms with Gasteiger partial charge in [-0.15, -0.1) is 0 Å². The average Bonchev–Trinajstić information content (AvgIpc) is 2.76. The van der Waals surface area contributed by atoms with Crippen molar-refractivity contribution in [1.29, 1.82) is 0 Å². The van der Waals surface area contributed by atoms with Gasteiger partial charge in [0, 0.05) is 11.6 Å². The van der Waals surface area contributed by atoms with Gasteiger partial charge in [-0.25, -0.2) is 8.42 Å². The predicted molar refractivity (Wildman–Crippen MR) is 130 cm³/mol. The molecule has 0 aliphatic rings. The zero-order valence-electron chi connectivity index (χ0n) is 16.6. The number of hydrogen-bond acceptors (Lipinski definition) is 3. The fourth-order valence-electron chi connectivity index (χ4n) is 2.91. The van der Waals surface area contributed by atoms with E-state index in [1.54, 1.807) is 0 Å². The van der Waals surface area contributed by atoms with Crippen molar-refractivity contribution >= 4 is 68.0 Å². The van der Waals surface area contributed by atoms with Crippen molar-refractivity contribution in [2.75, 3.05) is 18.4 Å². The summed E-state index contributed by atoms with van der Waals surface area (Å²) in [7, 11) is -3.97. The second kappa shape index (κ2) is 10.9. The number of benzene rings is 3. The summed E-state index contributed by atoms with van der Waals surface area (Å²) < 4.78 is 27.6. The Hall–Kier alpha value is -1.80. The van der Waals surface area contributed by atoms with Crippen LogP contribution in [-0.2, 0) is 21.2 Å². The predicted octanol–water partition coefficient (Wildman–Crippen LogP) is 6.17. The van der Waals surface area contributed by atoms with Crippen LogP contribution in [0.2, 0.25) is 20.1 Å². The van der Waals surface area contributed by atoms with Gasteiger partial charge in [0.1, 0.15) is 0 Å². The number of hydrogen-bond donors (Lipinski definition) is 1. The highest BCUT2D eigenvalue weighted by molar-refractivity contribution is 7.89. The zero-order valence-corrected chi connectivity index (χ0v) is 20.4. The average molecular weight is 532 g/mol. The molecule has 0 unspecified atom stereocenters. The van der Waals surface area contributed by atoms with Crippen LogP contribution in [0.25, 0.3) is 0 Å². The fraction of sp³-hybridized carbons (Fsp3) is 0.136. The maximum atomic E-state index is 13.3. The van der Waals surface area contributed by atoms with Crippen molar-refractivity contribution in [3.63, 3.8) is 0 Å². The van der Waals surface area contributed by atoms with Crippen molar-refractivity contribution in [2.45, 2.75) is 11.3 Å². The molecule has 1 amide bonds. The molecule has 10 heteroatoms. The minimum Gasteiger partial charge on any atom is -0.324 e. The molecule has 3 aromatic rings. The van der Waals surface area contributed by atoms with Gasteiger partial charge in [-0.3, -0.25) is 4.79 Å². The summed E-state index contributed by atoms with van der Waals surface area (Å²) in [6.07, 6.45) is 0.425. The number of carbonyl (C=O) groups is 1. The molecule has 0 saturated heterocycles. The Morgan fingerprint density at radius 1 is 0.844 bits per heavy atom. The fourth-order valence-corrected chi connectivity index (χ4v) is 5.02. The number of anilines is 1. The molecule has 32 heavy (non-hydrogen) atoms. The Balaban J connectivity index is 1.83. The number of sulfonamides is 1. The summed E-state index contributed by atoms with van der Waals surface area (Å²) in [4.78, 5) is 12.8. The van der Waals surface area contributed by atoms with Crippen LogP contribution in [0.15, 0.2) is 71.6 Å². The molecule has 3 aromatic carbocycles. The second-order valence-electron chi connectivity index (χ2n) is 6.82. The summed E-state index contributed by atoms with van der Waals surface area (Å²) >= 11 is 23.9. The van der Waals surface area contributed by atoms with Crippen molar-refractivity contribution < 1.29 is 13.2 Å². The molecular formula is C22H18Cl4N2O3S. The van der Waals surface area contributed by atoms with E-state index in [0.29, 0.717) is 11.4 Å². The Morgan fingerprint density at radius 2 is 1.47 bits per heavy atom. The van der Waals surface area contributed by atoms with Gasteiger partial charge in [0.05, 0.1) is 32.2 Å². The van der Waals surface area contributed by atoms with Gasteiger partial charge in [0.2, 0.25) is 15.9 Å². The molecule has 0 spiro atoms. The van der Waals surface area contributed by atoms with Crippen LogP contribution >= 0.6 is 46.4 Å². The number of carbonyl (C=O) groups excluding carboxylic acids is 1. The summed E-state index contributed by atoms with van der Waals surface area (Å²) in [5.74, 6) is -0.573. The zero-order chi connectivity index (χ0) is 23.3. The van der Waals surface area contributed by atoms with Gasteiger partial charge in [0.25, 0.3) is 0 Å². The van der Waals surface area contributed by atoms with E-state index >= 15 is 0 Å². The van der Waals surface area contributed by atoms with E-state index in [2.05, 4.69) is 5.32 Å². The molecule has 0 bridgehead atoms. The smallest absolute Gasteiger partial charge is 0.243 e. The van der Waals surface area contributed by atoms with E-state index < -0.39 is 22.5 Å². The highest BCUT2D eigenvalue weighted by atomic mass is 35.5. The first kappa shape index (κ1) is 24.8. The van der Waals surface area contributed by atoms with Crippen LogP contribution in [0.1, 0.15) is 5.56 Å². The number of amides is 1. The van der Waals surface area contributed by atoms with Gasteiger partial charge in [0.15, 0.2) is 0 Å². The molecule has 0 atom stereocenters. The minimum absolute atomic E-state index is 0.0373. The third kappa shape index (κ3) is 6.38. The maximum Gasteiger partial charge on any atom is 0.243 e. The van der Waals surface area contributed by atoms with Crippen molar-refractivity contribution in [3.8, 4) is 0 Å². The van der Waals surface area contributed by atoms with Crippen LogP contribution in [0.3, 0.4) is 0 Å². The quantitative estimate of drug-likeness (QED) is 0.353. The lowest BCUT2D eigenvalue weighted by Crippen LogP contribution is -2.39. The monoisotopic (exact) mass is 530 g/mol. The van der Waals surface area contributed by atoms with Crippen molar-refractivity contribution in [2.24, 2.45) is 0 Å². The van der Waals surface area contributed by atoms with Crippen LogP contribution in [0.5, 0.6) is 0 Å².